The molecule has 78 valence electrons. The van der Waals surface area contributed by atoms with Gasteiger partial charge < -0.3 is 5.11 Å². The fourth-order valence-electron chi connectivity index (χ4n) is 0.646. The minimum Gasteiger partial charge on any atom is -0.481 e. The van der Waals surface area contributed by atoms with Crippen LogP contribution in [0.5, 0.6) is 0 Å². The molecular weight excluding hydrogens is 204 g/mol. The molecule has 0 amide bonds. The Labute approximate surface area is 88.3 Å². The number of carbonyl (C=O) groups is 1. The fourth-order valence-corrected chi connectivity index (χ4v) is 3.54. The summed E-state index contributed by atoms with van der Waals surface area (Å²) in [5.41, 5.74) is 0. The van der Waals surface area contributed by atoms with Crippen LogP contribution >= 0.6 is 21.6 Å². The van der Waals surface area contributed by atoms with Crippen molar-refractivity contribution in [2.75, 3.05) is 5.75 Å². The van der Waals surface area contributed by atoms with Gasteiger partial charge in [0.25, 0.3) is 0 Å². The Hall–Kier alpha value is 0.170. The zero-order chi connectivity index (χ0) is 10.5. The highest BCUT2D eigenvalue weighted by atomic mass is 33.1. The first-order valence-corrected chi connectivity index (χ1v) is 6.77. The molecule has 2 nitrogen and oxygen atoms in total. The monoisotopic (exact) mass is 222 g/mol. The molecule has 4 heteroatoms. The van der Waals surface area contributed by atoms with Crippen LogP contribution in [0.15, 0.2) is 0 Å². The molecule has 1 unspecified atom stereocenters. The number of hydrogen-bond donors (Lipinski definition) is 1. The third-order valence-electron chi connectivity index (χ3n) is 1.97. The first-order valence-electron chi connectivity index (χ1n) is 4.45. The van der Waals surface area contributed by atoms with Gasteiger partial charge in [-0.3, -0.25) is 4.79 Å². The lowest BCUT2D eigenvalue weighted by atomic mass is 9.97. The van der Waals surface area contributed by atoms with E-state index in [2.05, 4.69) is 6.92 Å². The normalized spacial score (nSPS) is 14.2. The van der Waals surface area contributed by atoms with Crippen molar-refractivity contribution in [3.05, 3.63) is 0 Å². The molecule has 0 saturated carbocycles. The summed E-state index contributed by atoms with van der Waals surface area (Å²) >= 11 is 0. The molecule has 0 rings (SSSR count). The number of rotatable bonds is 6. The summed E-state index contributed by atoms with van der Waals surface area (Å²) in [7, 11) is 3.43. The summed E-state index contributed by atoms with van der Waals surface area (Å²) in [6.45, 7) is 7.86. The minimum absolute atomic E-state index is 0.189. The minimum atomic E-state index is -0.713. The van der Waals surface area contributed by atoms with Crippen LogP contribution in [0.25, 0.3) is 0 Å². The number of carboxylic acid groups (broad SMARTS) is 1. The second-order valence-electron chi connectivity index (χ2n) is 3.57. The first-order chi connectivity index (χ1) is 5.91. The number of aliphatic carboxylic acids is 1. The molecule has 0 bridgehead atoms. The summed E-state index contributed by atoms with van der Waals surface area (Å²) in [6, 6.07) is 0. The summed E-state index contributed by atoms with van der Waals surface area (Å²) < 4.78 is -0.189. The van der Waals surface area contributed by atoms with Crippen molar-refractivity contribution in [1.29, 1.82) is 0 Å². The average Bonchev–Trinajstić information content (AvgIpc) is 2.03. The predicted octanol–water partition coefficient (Wildman–Crippen LogP) is 3.28. The van der Waals surface area contributed by atoms with Crippen molar-refractivity contribution in [2.45, 2.75) is 38.9 Å². The number of hydrogen-bond acceptors (Lipinski definition) is 3. The molecule has 0 spiro atoms. The second-order valence-corrected chi connectivity index (χ2v) is 6.64. The highest BCUT2D eigenvalue weighted by Crippen LogP contribution is 2.40. The lowest BCUT2D eigenvalue weighted by Gasteiger charge is -2.27. The Morgan fingerprint density at radius 3 is 2.46 bits per heavy atom. The fraction of sp³-hybridized carbons (Fsp3) is 0.889. The maximum atomic E-state index is 10.8. The molecule has 0 fully saturated rings. The van der Waals surface area contributed by atoms with Crippen LogP contribution in [-0.4, -0.2) is 21.6 Å². The van der Waals surface area contributed by atoms with Gasteiger partial charge in [-0.25, -0.2) is 0 Å². The topological polar surface area (TPSA) is 37.3 Å². The third-order valence-corrected chi connectivity index (χ3v) is 5.59. The van der Waals surface area contributed by atoms with E-state index in [0.29, 0.717) is 0 Å². The van der Waals surface area contributed by atoms with Crippen molar-refractivity contribution < 1.29 is 9.90 Å². The third kappa shape index (κ3) is 4.81. The quantitative estimate of drug-likeness (QED) is 0.553. The van der Waals surface area contributed by atoms with Gasteiger partial charge in [-0.05, 0) is 20.3 Å². The molecule has 0 heterocycles. The lowest BCUT2D eigenvalue weighted by Crippen LogP contribution is -2.30. The van der Waals surface area contributed by atoms with Gasteiger partial charge in [-0.2, -0.15) is 0 Å². The van der Waals surface area contributed by atoms with Gasteiger partial charge in [-0.1, -0.05) is 35.4 Å². The van der Waals surface area contributed by atoms with Crippen LogP contribution in [0.1, 0.15) is 34.1 Å². The van der Waals surface area contributed by atoms with Gasteiger partial charge >= 0.3 is 5.97 Å². The van der Waals surface area contributed by atoms with Gasteiger partial charge in [0.2, 0.25) is 0 Å². The van der Waals surface area contributed by atoms with E-state index < -0.39 is 5.97 Å². The molecular formula is C9H18O2S2. The van der Waals surface area contributed by atoms with Gasteiger partial charge in [0, 0.05) is 10.5 Å². The van der Waals surface area contributed by atoms with E-state index in [1.165, 1.54) is 0 Å². The van der Waals surface area contributed by atoms with Crippen molar-refractivity contribution in [3.63, 3.8) is 0 Å². The largest absolute Gasteiger partial charge is 0.481 e. The van der Waals surface area contributed by atoms with Crippen LogP contribution in [0.3, 0.4) is 0 Å². The van der Waals surface area contributed by atoms with Gasteiger partial charge in [0.1, 0.15) is 0 Å². The Morgan fingerprint density at radius 2 is 2.08 bits per heavy atom. The predicted molar refractivity (Wildman–Crippen MR) is 61.2 cm³/mol. The maximum absolute atomic E-state index is 10.8. The summed E-state index contributed by atoms with van der Waals surface area (Å²) in [6.07, 6.45) is 1.13. The molecule has 0 aliphatic heterocycles. The van der Waals surface area contributed by atoms with Crippen LogP contribution < -0.4 is 0 Å². The van der Waals surface area contributed by atoms with Crippen molar-refractivity contribution in [1.82, 2.24) is 0 Å². The highest BCUT2D eigenvalue weighted by molar-refractivity contribution is 8.77. The first kappa shape index (κ1) is 13.2. The molecule has 1 atom stereocenters. The Morgan fingerprint density at radius 1 is 1.54 bits per heavy atom. The van der Waals surface area contributed by atoms with E-state index in [9.17, 15) is 4.79 Å². The molecule has 0 aromatic rings. The van der Waals surface area contributed by atoms with Gasteiger partial charge in [0.05, 0.1) is 5.92 Å². The molecule has 0 saturated heterocycles. The van der Waals surface area contributed by atoms with Crippen molar-refractivity contribution in [3.8, 4) is 0 Å². The second kappa shape index (κ2) is 5.81. The molecule has 0 aliphatic rings. The lowest BCUT2D eigenvalue weighted by molar-refractivity contribution is -0.141. The molecule has 0 aliphatic carbocycles. The highest BCUT2D eigenvalue weighted by Gasteiger charge is 2.31. The Bertz CT molecular complexity index is 169. The summed E-state index contributed by atoms with van der Waals surface area (Å²) in [5.74, 6) is 0.0666. The summed E-state index contributed by atoms with van der Waals surface area (Å²) in [5, 5.41) is 8.85. The van der Waals surface area contributed by atoms with E-state index in [4.69, 9.17) is 5.11 Å². The van der Waals surface area contributed by atoms with E-state index in [0.717, 1.165) is 12.2 Å². The molecule has 0 aromatic heterocycles. The van der Waals surface area contributed by atoms with E-state index in [1.807, 2.05) is 13.8 Å². The maximum Gasteiger partial charge on any atom is 0.307 e. The molecule has 0 radical (unpaired) electrons. The SMILES string of the molecule is CCCSSC(C)(C)C(C)C(=O)O. The van der Waals surface area contributed by atoms with Crippen molar-refractivity contribution >= 4 is 27.6 Å². The standard InChI is InChI=1S/C9H18O2S2/c1-5-6-12-13-9(3,4)7(2)8(10)11/h7H,5-6H2,1-4H3,(H,10,11). The van der Waals surface area contributed by atoms with Crippen molar-refractivity contribution in [2.24, 2.45) is 5.92 Å². The van der Waals surface area contributed by atoms with Crippen LogP contribution in [-0.2, 0) is 4.79 Å². The van der Waals surface area contributed by atoms with Crippen LogP contribution in [0, 0.1) is 5.92 Å². The van der Waals surface area contributed by atoms with Crippen LogP contribution in [0.2, 0.25) is 0 Å². The Balaban J connectivity index is 3.98. The number of carboxylic acids is 1. The average molecular weight is 222 g/mol. The van der Waals surface area contributed by atoms with E-state index in [1.54, 1.807) is 28.5 Å². The zero-order valence-electron chi connectivity index (χ0n) is 8.66. The summed E-state index contributed by atoms with van der Waals surface area (Å²) in [4.78, 5) is 10.8. The zero-order valence-corrected chi connectivity index (χ0v) is 10.3. The molecule has 0 aromatic carbocycles. The van der Waals surface area contributed by atoms with E-state index in [-0.39, 0.29) is 10.7 Å². The molecule has 1 N–H and O–H groups in total. The van der Waals surface area contributed by atoms with Gasteiger partial charge in [-0.15, -0.1) is 0 Å². The smallest absolute Gasteiger partial charge is 0.307 e. The Kier molecular flexibility index (Phi) is 5.88. The van der Waals surface area contributed by atoms with Gasteiger partial charge in [0.15, 0.2) is 0 Å². The van der Waals surface area contributed by atoms with Crippen LogP contribution in [0.4, 0.5) is 0 Å². The molecule has 13 heavy (non-hydrogen) atoms. The van der Waals surface area contributed by atoms with E-state index >= 15 is 0 Å².